The molecule has 5 heteroatoms. The van der Waals surface area contributed by atoms with Crippen LogP contribution in [0.2, 0.25) is 0 Å². The van der Waals surface area contributed by atoms with Crippen LogP contribution in [0.4, 0.5) is 5.00 Å². The van der Waals surface area contributed by atoms with E-state index < -0.39 is 0 Å². The van der Waals surface area contributed by atoms with Gasteiger partial charge in [-0.1, -0.05) is 27.2 Å². The lowest BCUT2D eigenvalue weighted by Gasteiger charge is -2.36. The summed E-state index contributed by atoms with van der Waals surface area (Å²) in [5, 5.41) is 13.1. The quantitative estimate of drug-likeness (QED) is 0.849. The molecule has 2 aromatic heterocycles. The summed E-state index contributed by atoms with van der Waals surface area (Å²) in [7, 11) is 0. The van der Waals surface area contributed by atoms with Crippen LogP contribution < -0.4 is 5.32 Å². The van der Waals surface area contributed by atoms with E-state index >= 15 is 0 Å². The van der Waals surface area contributed by atoms with Crippen LogP contribution in [0.5, 0.6) is 0 Å². The van der Waals surface area contributed by atoms with Crippen LogP contribution in [-0.2, 0) is 12.8 Å². The van der Waals surface area contributed by atoms with Crippen molar-refractivity contribution in [3.63, 3.8) is 0 Å². The highest BCUT2D eigenvalue weighted by Crippen LogP contribution is 2.45. The number of amides is 1. The molecule has 2 heterocycles. The SMILES string of the molecule is CCC(C)(C)C1CCc2c(sc(NC(=O)c3ccco3)c2C#N)C1. The predicted molar refractivity (Wildman–Crippen MR) is 95.3 cm³/mol. The first kappa shape index (κ1) is 16.8. The van der Waals surface area contributed by atoms with Gasteiger partial charge in [-0.15, -0.1) is 11.3 Å². The van der Waals surface area contributed by atoms with Crippen molar-refractivity contribution in [1.29, 1.82) is 5.26 Å². The van der Waals surface area contributed by atoms with Crippen LogP contribution in [0.1, 0.15) is 60.2 Å². The van der Waals surface area contributed by atoms with Gasteiger partial charge in [0.25, 0.3) is 5.91 Å². The number of carbonyl (C=O) groups excluding carboxylic acids is 1. The van der Waals surface area contributed by atoms with Gasteiger partial charge in [-0.05, 0) is 48.3 Å². The van der Waals surface area contributed by atoms with E-state index in [1.807, 2.05) is 0 Å². The Morgan fingerprint density at radius 2 is 2.33 bits per heavy atom. The van der Waals surface area contributed by atoms with E-state index in [9.17, 15) is 10.1 Å². The van der Waals surface area contributed by atoms with E-state index in [-0.39, 0.29) is 11.7 Å². The third kappa shape index (κ3) is 2.99. The maximum absolute atomic E-state index is 12.2. The molecular weight excluding hydrogens is 320 g/mol. The Morgan fingerprint density at radius 3 is 2.96 bits per heavy atom. The minimum absolute atomic E-state index is 0.259. The highest BCUT2D eigenvalue weighted by molar-refractivity contribution is 7.16. The van der Waals surface area contributed by atoms with E-state index in [1.54, 1.807) is 23.5 Å². The lowest BCUT2D eigenvalue weighted by molar-refractivity contribution is 0.0997. The van der Waals surface area contributed by atoms with Crippen LogP contribution in [0.3, 0.4) is 0 Å². The standard InChI is InChI=1S/C19H22N2O2S/c1-4-19(2,3)12-7-8-13-14(11-20)18(24-16(13)10-12)21-17(22)15-6-5-9-23-15/h5-6,9,12H,4,7-8,10H2,1-3H3,(H,21,22). The molecular formula is C19H22N2O2S. The fourth-order valence-corrected chi connectivity index (χ4v) is 4.59. The Morgan fingerprint density at radius 1 is 1.54 bits per heavy atom. The molecule has 24 heavy (non-hydrogen) atoms. The number of carbonyl (C=O) groups is 1. The molecule has 0 aliphatic heterocycles. The summed E-state index contributed by atoms with van der Waals surface area (Å²) in [5.74, 6) is 0.574. The molecule has 0 fully saturated rings. The van der Waals surface area contributed by atoms with Gasteiger partial charge in [0, 0.05) is 4.88 Å². The number of nitrogens with zero attached hydrogens (tertiary/aromatic N) is 1. The number of fused-ring (bicyclic) bond motifs is 1. The molecule has 1 amide bonds. The van der Waals surface area contributed by atoms with Crippen molar-refractivity contribution in [2.24, 2.45) is 11.3 Å². The molecule has 4 nitrogen and oxygen atoms in total. The molecule has 1 N–H and O–H groups in total. The van der Waals surface area contributed by atoms with Crippen LogP contribution in [0.25, 0.3) is 0 Å². The van der Waals surface area contributed by atoms with Gasteiger partial charge in [-0.3, -0.25) is 4.79 Å². The summed E-state index contributed by atoms with van der Waals surface area (Å²) >= 11 is 1.55. The van der Waals surface area contributed by atoms with Gasteiger partial charge in [-0.25, -0.2) is 0 Å². The lowest BCUT2D eigenvalue weighted by atomic mass is 9.69. The van der Waals surface area contributed by atoms with E-state index in [4.69, 9.17) is 4.42 Å². The Labute approximate surface area is 146 Å². The number of hydrogen-bond donors (Lipinski definition) is 1. The Hall–Kier alpha value is -2.06. The summed E-state index contributed by atoms with van der Waals surface area (Å²) in [4.78, 5) is 13.5. The van der Waals surface area contributed by atoms with Crippen molar-refractivity contribution in [3.8, 4) is 6.07 Å². The second-order valence-corrected chi connectivity index (χ2v) is 8.14. The second kappa shape index (κ2) is 6.45. The van der Waals surface area contributed by atoms with Crippen molar-refractivity contribution >= 4 is 22.2 Å². The number of hydrogen-bond acceptors (Lipinski definition) is 4. The Kier molecular flexibility index (Phi) is 4.51. The highest BCUT2D eigenvalue weighted by atomic mass is 32.1. The fourth-order valence-electron chi connectivity index (χ4n) is 3.32. The van der Waals surface area contributed by atoms with Gasteiger partial charge in [0.05, 0.1) is 11.8 Å². The van der Waals surface area contributed by atoms with Crippen molar-refractivity contribution in [2.75, 3.05) is 5.32 Å². The minimum atomic E-state index is -0.305. The van der Waals surface area contributed by atoms with Crippen molar-refractivity contribution in [1.82, 2.24) is 0 Å². The number of thiophene rings is 1. The van der Waals surface area contributed by atoms with E-state index in [1.165, 1.54) is 11.1 Å². The zero-order valence-electron chi connectivity index (χ0n) is 14.3. The molecule has 2 aromatic rings. The second-order valence-electron chi connectivity index (χ2n) is 7.03. The summed E-state index contributed by atoms with van der Waals surface area (Å²) in [5.41, 5.74) is 2.05. The number of furan rings is 1. The topological polar surface area (TPSA) is 66.0 Å². The molecule has 0 radical (unpaired) electrons. The maximum Gasteiger partial charge on any atom is 0.291 e. The molecule has 1 atom stereocenters. The third-order valence-corrected chi connectivity index (χ3v) is 6.54. The smallest absolute Gasteiger partial charge is 0.291 e. The fraction of sp³-hybridized carbons (Fsp3) is 0.474. The van der Waals surface area contributed by atoms with Gasteiger partial charge in [0.1, 0.15) is 11.1 Å². The minimum Gasteiger partial charge on any atom is -0.459 e. The van der Waals surface area contributed by atoms with Gasteiger partial charge < -0.3 is 9.73 Å². The van der Waals surface area contributed by atoms with Crippen LogP contribution in [-0.4, -0.2) is 5.91 Å². The number of anilines is 1. The predicted octanol–water partition coefficient (Wildman–Crippen LogP) is 5.01. The van der Waals surface area contributed by atoms with E-state index in [0.717, 1.165) is 31.2 Å². The first-order valence-corrected chi connectivity index (χ1v) is 9.17. The van der Waals surface area contributed by atoms with Crippen LogP contribution in [0.15, 0.2) is 22.8 Å². The molecule has 0 bridgehead atoms. The summed E-state index contributed by atoms with van der Waals surface area (Å²) in [6.07, 6.45) is 5.62. The van der Waals surface area contributed by atoms with E-state index in [2.05, 4.69) is 32.2 Å². The van der Waals surface area contributed by atoms with E-state index in [0.29, 0.717) is 21.9 Å². The number of nitrogens with one attached hydrogen (secondary N) is 1. The van der Waals surface area contributed by atoms with Gasteiger partial charge in [0.15, 0.2) is 5.76 Å². The summed E-state index contributed by atoms with van der Waals surface area (Å²) in [6, 6.07) is 5.58. The molecule has 0 aromatic carbocycles. The summed E-state index contributed by atoms with van der Waals surface area (Å²) < 4.78 is 5.13. The number of nitriles is 1. The monoisotopic (exact) mass is 342 g/mol. The van der Waals surface area contributed by atoms with Gasteiger partial charge in [-0.2, -0.15) is 5.26 Å². The average Bonchev–Trinajstić information content (AvgIpc) is 3.21. The molecule has 0 saturated heterocycles. The van der Waals surface area contributed by atoms with Crippen LogP contribution >= 0.6 is 11.3 Å². The molecule has 126 valence electrons. The first-order valence-electron chi connectivity index (χ1n) is 8.35. The van der Waals surface area contributed by atoms with Crippen LogP contribution in [0, 0.1) is 22.7 Å². The zero-order chi connectivity index (χ0) is 17.3. The Balaban J connectivity index is 1.86. The van der Waals surface area contributed by atoms with Crippen molar-refractivity contribution in [3.05, 3.63) is 40.2 Å². The molecule has 0 spiro atoms. The van der Waals surface area contributed by atoms with Gasteiger partial charge >= 0.3 is 0 Å². The Bertz CT molecular complexity index is 781. The summed E-state index contributed by atoms with van der Waals surface area (Å²) in [6.45, 7) is 6.88. The largest absolute Gasteiger partial charge is 0.459 e. The normalized spacial score (nSPS) is 17.2. The maximum atomic E-state index is 12.2. The van der Waals surface area contributed by atoms with Gasteiger partial charge in [0.2, 0.25) is 0 Å². The third-order valence-electron chi connectivity index (χ3n) is 5.37. The molecule has 3 rings (SSSR count). The first-order chi connectivity index (χ1) is 11.5. The van der Waals surface area contributed by atoms with Crippen molar-refractivity contribution < 1.29 is 9.21 Å². The highest BCUT2D eigenvalue weighted by Gasteiger charge is 2.34. The lowest BCUT2D eigenvalue weighted by Crippen LogP contribution is -2.28. The van der Waals surface area contributed by atoms with Crippen molar-refractivity contribution in [2.45, 2.75) is 46.5 Å². The molecule has 1 unspecified atom stereocenters. The average molecular weight is 342 g/mol. The molecule has 1 aliphatic carbocycles. The molecule has 1 aliphatic rings. The molecule has 0 saturated carbocycles. The zero-order valence-corrected chi connectivity index (χ0v) is 15.1. The number of rotatable bonds is 4.